The molecule has 0 aromatic rings. The van der Waals surface area contributed by atoms with Crippen LogP contribution in [0.4, 0.5) is 0 Å². The van der Waals surface area contributed by atoms with Crippen LogP contribution in [-0.4, -0.2) is 43.7 Å². The van der Waals surface area contributed by atoms with E-state index >= 15 is 0 Å². The summed E-state index contributed by atoms with van der Waals surface area (Å²) in [5, 5.41) is 0. The lowest BCUT2D eigenvalue weighted by Crippen LogP contribution is -2.39. The fourth-order valence-electron chi connectivity index (χ4n) is 2.79. The van der Waals surface area contributed by atoms with Crippen molar-refractivity contribution in [1.29, 1.82) is 0 Å². The highest BCUT2D eigenvalue weighted by Gasteiger charge is 2.43. The molecular formula is C20H35NO4. The number of rotatable bonds is 9. The molecule has 0 aliphatic carbocycles. The summed E-state index contributed by atoms with van der Waals surface area (Å²) < 4.78 is 23.3. The monoisotopic (exact) mass is 353 g/mol. The minimum Gasteiger partial charge on any atom is -0.475 e. The Morgan fingerprint density at radius 3 is 2.52 bits per heavy atom. The number of methoxy groups -OCH3 is 1. The molecule has 1 heterocycles. The summed E-state index contributed by atoms with van der Waals surface area (Å²) in [4.78, 5) is 4.48. The third kappa shape index (κ3) is 7.72. The molecular weight excluding hydrogens is 318 g/mol. The first-order chi connectivity index (χ1) is 11.8. The van der Waals surface area contributed by atoms with Crippen molar-refractivity contribution in [2.45, 2.75) is 84.9 Å². The molecule has 3 atom stereocenters. The maximum absolute atomic E-state index is 5.96. The smallest absolute Gasteiger partial charge is 0.212 e. The minimum absolute atomic E-state index is 0.0539. The van der Waals surface area contributed by atoms with Crippen LogP contribution in [0.25, 0.3) is 0 Å². The second-order valence-corrected chi connectivity index (χ2v) is 6.89. The van der Waals surface area contributed by atoms with Crippen molar-refractivity contribution < 1.29 is 18.9 Å². The Labute approximate surface area is 153 Å². The van der Waals surface area contributed by atoms with E-state index in [0.29, 0.717) is 12.5 Å². The first kappa shape index (κ1) is 21.9. The molecule has 0 N–H and O–H groups in total. The number of hydrogen-bond donors (Lipinski definition) is 0. The first-order valence-corrected chi connectivity index (χ1v) is 9.24. The summed E-state index contributed by atoms with van der Waals surface area (Å²) in [7, 11) is 1.67. The fraction of sp³-hybridized carbons (Fsp3) is 0.750. The van der Waals surface area contributed by atoms with Crippen molar-refractivity contribution in [2.24, 2.45) is 4.99 Å². The maximum Gasteiger partial charge on any atom is 0.212 e. The molecule has 0 amide bonds. The first-order valence-electron chi connectivity index (χ1n) is 9.24. The van der Waals surface area contributed by atoms with Gasteiger partial charge in [0.1, 0.15) is 18.8 Å². The average Bonchev–Trinajstić information content (AvgIpc) is 2.83. The van der Waals surface area contributed by atoms with Gasteiger partial charge in [-0.25, -0.2) is 4.99 Å². The zero-order valence-electron chi connectivity index (χ0n) is 16.9. The van der Waals surface area contributed by atoms with Crippen LogP contribution < -0.4 is 0 Å². The van der Waals surface area contributed by atoms with Crippen LogP contribution >= 0.6 is 0 Å². The molecule has 1 fully saturated rings. The molecule has 144 valence electrons. The SMILES string of the molecule is CC\C=C/C(=N/C=C(\C)CCC)OCC(OC)C1OC(C)(C)O[C@@H]1C. The quantitative estimate of drug-likeness (QED) is 0.448. The van der Waals surface area contributed by atoms with Crippen molar-refractivity contribution in [3.63, 3.8) is 0 Å². The van der Waals surface area contributed by atoms with Crippen LogP contribution in [0, 0.1) is 0 Å². The van der Waals surface area contributed by atoms with E-state index in [9.17, 15) is 0 Å². The van der Waals surface area contributed by atoms with Crippen molar-refractivity contribution in [3.8, 4) is 0 Å². The number of nitrogens with zero attached hydrogens (tertiary/aromatic N) is 1. The molecule has 5 nitrogen and oxygen atoms in total. The van der Waals surface area contributed by atoms with Crippen LogP contribution in [0.2, 0.25) is 0 Å². The highest BCUT2D eigenvalue weighted by molar-refractivity contribution is 5.88. The van der Waals surface area contributed by atoms with E-state index in [0.717, 1.165) is 19.3 Å². The van der Waals surface area contributed by atoms with E-state index < -0.39 is 5.79 Å². The molecule has 0 bridgehead atoms. The predicted octanol–water partition coefficient (Wildman–Crippen LogP) is 4.63. The van der Waals surface area contributed by atoms with Gasteiger partial charge < -0.3 is 18.9 Å². The predicted molar refractivity (Wildman–Crippen MR) is 102 cm³/mol. The zero-order valence-corrected chi connectivity index (χ0v) is 16.9. The Kier molecular flexibility index (Phi) is 9.39. The molecule has 0 spiro atoms. The second kappa shape index (κ2) is 10.7. The van der Waals surface area contributed by atoms with Gasteiger partial charge >= 0.3 is 0 Å². The second-order valence-electron chi connectivity index (χ2n) is 6.89. The lowest BCUT2D eigenvalue weighted by Gasteiger charge is -2.24. The van der Waals surface area contributed by atoms with Gasteiger partial charge in [-0.3, -0.25) is 0 Å². The fourth-order valence-corrected chi connectivity index (χ4v) is 2.79. The Morgan fingerprint density at radius 2 is 2.00 bits per heavy atom. The topological polar surface area (TPSA) is 49.3 Å². The minimum atomic E-state index is -0.597. The molecule has 1 saturated heterocycles. The van der Waals surface area contributed by atoms with E-state index in [1.807, 2.05) is 39.1 Å². The van der Waals surface area contributed by atoms with E-state index in [1.165, 1.54) is 5.57 Å². The highest BCUT2D eigenvalue weighted by atomic mass is 16.8. The number of hydrogen-bond acceptors (Lipinski definition) is 5. The van der Waals surface area contributed by atoms with E-state index in [2.05, 4.69) is 25.8 Å². The summed E-state index contributed by atoms with van der Waals surface area (Å²) in [6, 6.07) is 0. The number of allylic oxidation sites excluding steroid dienone is 2. The molecule has 0 saturated carbocycles. The standard InChI is InChI=1S/C20H35NO4/c1-8-10-12-18(21-13-15(3)11-9-2)23-14-17(22-7)19-16(4)24-20(5,6)25-19/h10,12-13,16-17,19H,8-9,11,14H2,1-7H3/b12-10-,15-13+,21-18-/t16-,17?,19?/m1/s1. The largest absolute Gasteiger partial charge is 0.475 e. The zero-order chi connectivity index (χ0) is 18.9. The Hall–Kier alpha value is -1.17. The van der Waals surface area contributed by atoms with Crippen LogP contribution in [0.15, 0.2) is 28.9 Å². The van der Waals surface area contributed by atoms with E-state index in [-0.39, 0.29) is 18.3 Å². The van der Waals surface area contributed by atoms with Crippen LogP contribution in [0.5, 0.6) is 0 Å². The van der Waals surface area contributed by atoms with E-state index in [1.54, 1.807) is 7.11 Å². The maximum atomic E-state index is 5.96. The Balaban J connectivity index is 2.74. The Morgan fingerprint density at radius 1 is 1.28 bits per heavy atom. The molecule has 0 radical (unpaired) electrons. The van der Waals surface area contributed by atoms with Crippen molar-refractivity contribution in [3.05, 3.63) is 23.9 Å². The van der Waals surface area contributed by atoms with Crippen LogP contribution in [-0.2, 0) is 18.9 Å². The van der Waals surface area contributed by atoms with Gasteiger partial charge in [0.05, 0.1) is 6.10 Å². The van der Waals surface area contributed by atoms with Gasteiger partial charge in [-0.1, -0.05) is 31.9 Å². The third-order valence-corrected chi connectivity index (χ3v) is 3.97. The lowest BCUT2D eigenvalue weighted by atomic mass is 10.1. The van der Waals surface area contributed by atoms with Gasteiger partial charge in [0.2, 0.25) is 5.90 Å². The number of aliphatic imine (C=N–C) groups is 1. The van der Waals surface area contributed by atoms with E-state index in [4.69, 9.17) is 18.9 Å². The van der Waals surface area contributed by atoms with Gasteiger partial charge in [-0.2, -0.15) is 0 Å². The third-order valence-electron chi connectivity index (χ3n) is 3.97. The van der Waals surface area contributed by atoms with Gasteiger partial charge in [-0.05, 0) is 46.6 Å². The molecule has 1 aliphatic heterocycles. The molecule has 0 aromatic carbocycles. The lowest BCUT2D eigenvalue weighted by molar-refractivity contribution is -0.159. The van der Waals surface area contributed by atoms with Gasteiger partial charge in [0.25, 0.3) is 0 Å². The normalized spacial score (nSPS) is 25.6. The summed E-state index contributed by atoms with van der Waals surface area (Å²) >= 11 is 0. The van der Waals surface area contributed by atoms with Gasteiger partial charge in [0, 0.05) is 13.3 Å². The average molecular weight is 354 g/mol. The molecule has 25 heavy (non-hydrogen) atoms. The molecule has 2 unspecified atom stereocenters. The van der Waals surface area contributed by atoms with Crippen molar-refractivity contribution in [2.75, 3.05) is 13.7 Å². The summed E-state index contributed by atoms with van der Waals surface area (Å²) in [5.74, 6) is -0.00919. The summed E-state index contributed by atoms with van der Waals surface area (Å²) in [6.07, 6.45) is 8.44. The van der Waals surface area contributed by atoms with Crippen LogP contribution in [0.3, 0.4) is 0 Å². The van der Waals surface area contributed by atoms with Gasteiger partial charge in [0.15, 0.2) is 5.79 Å². The van der Waals surface area contributed by atoms with Crippen molar-refractivity contribution >= 4 is 5.90 Å². The van der Waals surface area contributed by atoms with Crippen molar-refractivity contribution in [1.82, 2.24) is 0 Å². The summed E-state index contributed by atoms with van der Waals surface area (Å²) in [5.41, 5.74) is 1.24. The molecule has 5 heteroatoms. The molecule has 1 rings (SSSR count). The Bertz CT molecular complexity index is 482. The molecule has 1 aliphatic rings. The van der Waals surface area contributed by atoms with Crippen LogP contribution in [0.1, 0.15) is 60.8 Å². The number of ether oxygens (including phenoxy) is 4. The van der Waals surface area contributed by atoms with Gasteiger partial charge in [-0.15, -0.1) is 0 Å². The summed E-state index contributed by atoms with van der Waals surface area (Å²) in [6.45, 7) is 12.5. The highest BCUT2D eigenvalue weighted by Crippen LogP contribution is 2.30. The molecule has 0 aromatic heterocycles.